The molecule has 0 aliphatic carbocycles. The van der Waals surface area contributed by atoms with Gasteiger partial charge < -0.3 is 4.90 Å². The number of rotatable bonds is 2. The highest BCUT2D eigenvalue weighted by atomic mass is 16.2. The monoisotopic (exact) mass is 223 g/mol. The van der Waals surface area contributed by atoms with Gasteiger partial charge in [-0.25, -0.2) is 0 Å². The van der Waals surface area contributed by atoms with Gasteiger partial charge in [0.05, 0.1) is 11.3 Å². The first kappa shape index (κ1) is 12.7. The number of amides is 1. The Balaban J connectivity index is 3.05. The van der Waals surface area contributed by atoms with Gasteiger partial charge in [-0.15, -0.1) is 0 Å². The predicted molar refractivity (Wildman–Crippen MR) is 64.4 cm³/mol. The van der Waals surface area contributed by atoms with Crippen LogP contribution in [0.15, 0.2) is 6.20 Å². The average Bonchev–Trinajstić information content (AvgIpc) is 2.43. The van der Waals surface area contributed by atoms with Gasteiger partial charge in [-0.1, -0.05) is 0 Å². The van der Waals surface area contributed by atoms with Crippen molar-refractivity contribution in [2.24, 2.45) is 7.05 Å². The summed E-state index contributed by atoms with van der Waals surface area (Å²) in [5.74, 6) is 0.0561. The largest absolute Gasteiger partial charge is 0.334 e. The van der Waals surface area contributed by atoms with Crippen LogP contribution in [0.5, 0.6) is 0 Å². The van der Waals surface area contributed by atoms with Crippen LogP contribution in [0.2, 0.25) is 0 Å². The Bertz CT molecular complexity index is 387. The minimum atomic E-state index is -0.159. The normalized spacial score (nSPS) is 11.6. The van der Waals surface area contributed by atoms with Gasteiger partial charge in [0.1, 0.15) is 0 Å². The molecule has 1 aromatic rings. The first-order chi connectivity index (χ1) is 7.27. The van der Waals surface area contributed by atoms with Crippen molar-refractivity contribution in [1.29, 1.82) is 0 Å². The van der Waals surface area contributed by atoms with Crippen LogP contribution >= 0.6 is 0 Å². The van der Waals surface area contributed by atoms with E-state index in [1.54, 1.807) is 10.9 Å². The fourth-order valence-electron chi connectivity index (χ4n) is 1.88. The third kappa shape index (κ3) is 2.43. The van der Waals surface area contributed by atoms with Gasteiger partial charge in [-0.05, 0) is 34.6 Å². The molecule has 0 saturated heterocycles. The van der Waals surface area contributed by atoms with Gasteiger partial charge in [0, 0.05) is 25.3 Å². The SMILES string of the molecule is CCN(C(=O)c1cn(C)nc1C)C(C)(C)C. The van der Waals surface area contributed by atoms with Crippen molar-refractivity contribution in [2.75, 3.05) is 6.54 Å². The Hall–Kier alpha value is -1.32. The van der Waals surface area contributed by atoms with Gasteiger partial charge in [0.15, 0.2) is 0 Å². The summed E-state index contributed by atoms with van der Waals surface area (Å²) >= 11 is 0. The summed E-state index contributed by atoms with van der Waals surface area (Å²) in [6.07, 6.45) is 1.78. The molecule has 4 heteroatoms. The summed E-state index contributed by atoms with van der Waals surface area (Å²) in [4.78, 5) is 14.2. The van der Waals surface area contributed by atoms with E-state index in [-0.39, 0.29) is 11.4 Å². The maximum absolute atomic E-state index is 12.3. The molecule has 0 aliphatic rings. The number of nitrogens with zero attached hydrogens (tertiary/aromatic N) is 3. The van der Waals surface area contributed by atoms with Gasteiger partial charge in [-0.2, -0.15) is 5.10 Å². The van der Waals surface area contributed by atoms with Crippen LogP contribution in [0.4, 0.5) is 0 Å². The van der Waals surface area contributed by atoms with E-state index in [0.29, 0.717) is 12.1 Å². The number of hydrogen-bond donors (Lipinski definition) is 0. The average molecular weight is 223 g/mol. The summed E-state index contributed by atoms with van der Waals surface area (Å²) in [5.41, 5.74) is 1.32. The molecule has 0 aliphatic heterocycles. The number of carbonyl (C=O) groups is 1. The lowest BCUT2D eigenvalue weighted by atomic mass is 10.0. The van der Waals surface area contributed by atoms with E-state index >= 15 is 0 Å². The van der Waals surface area contributed by atoms with Crippen molar-refractivity contribution < 1.29 is 4.79 Å². The lowest BCUT2D eigenvalue weighted by Crippen LogP contribution is -2.45. The molecule has 1 rings (SSSR count). The van der Waals surface area contributed by atoms with Gasteiger partial charge >= 0.3 is 0 Å². The van der Waals surface area contributed by atoms with Gasteiger partial charge in [0.2, 0.25) is 0 Å². The maximum atomic E-state index is 12.3. The van der Waals surface area contributed by atoms with Crippen LogP contribution in [0.1, 0.15) is 43.7 Å². The van der Waals surface area contributed by atoms with Crippen molar-refractivity contribution in [3.63, 3.8) is 0 Å². The van der Waals surface area contributed by atoms with E-state index in [0.717, 1.165) is 5.69 Å². The molecule has 1 aromatic heterocycles. The van der Waals surface area contributed by atoms with Crippen LogP contribution in [0.3, 0.4) is 0 Å². The molecule has 1 amide bonds. The molecule has 90 valence electrons. The van der Waals surface area contributed by atoms with Crippen molar-refractivity contribution in [3.8, 4) is 0 Å². The van der Waals surface area contributed by atoms with Crippen molar-refractivity contribution >= 4 is 5.91 Å². The van der Waals surface area contributed by atoms with E-state index in [1.165, 1.54) is 0 Å². The summed E-state index contributed by atoms with van der Waals surface area (Å²) in [5, 5.41) is 4.20. The highest BCUT2D eigenvalue weighted by Crippen LogP contribution is 2.18. The molecular formula is C12H21N3O. The first-order valence-corrected chi connectivity index (χ1v) is 5.59. The van der Waals surface area contributed by atoms with Crippen LogP contribution in [-0.2, 0) is 7.05 Å². The number of aryl methyl sites for hydroxylation is 2. The highest BCUT2D eigenvalue weighted by Gasteiger charge is 2.27. The number of hydrogen-bond acceptors (Lipinski definition) is 2. The van der Waals surface area contributed by atoms with E-state index in [2.05, 4.69) is 5.10 Å². The molecule has 0 unspecified atom stereocenters. The zero-order chi connectivity index (χ0) is 12.5. The van der Waals surface area contributed by atoms with E-state index in [9.17, 15) is 4.79 Å². The minimum Gasteiger partial charge on any atom is -0.334 e. The summed E-state index contributed by atoms with van der Waals surface area (Å²) in [6, 6.07) is 0. The molecule has 0 fully saturated rings. The Morgan fingerprint density at radius 2 is 2.06 bits per heavy atom. The standard InChI is InChI=1S/C12H21N3O/c1-7-15(12(3,4)5)11(16)10-8-14(6)13-9(10)2/h8H,7H2,1-6H3. The van der Waals surface area contributed by atoms with E-state index < -0.39 is 0 Å². The lowest BCUT2D eigenvalue weighted by molar-refractivity contribution is 0.0598. The molecule has 0 spiro atoms. The van der Waals surface area contributed by atoms with Crippen LogP contribution in [0, 0.1) is 6.92 Å². The molecule has 0 radical (unpaired) electrons. The Kier molecular flexibility index (Phi) is 3.41. The smallest absolute Gasteiger partial charge is 0.257 e. The van der Waals surface area contributed by atoms with Crippen LogP contribution in [-0.4, -0.2) is 32.7 Å². The molecule has 0 saturated carbocycles. The molecule has 0 bridgehead atoms. The second kappa shape index (κ2) is 4.28. The summed E-state index contributed by atoms with van der Waals surface area (Å²) in [6.45, 7) is 10.7. The van der Waals surface area contributed by atoms with Gasteiger partial charge in [0.25, 0.3) is 5.91 Å². The quantitative estimate of drug-likeness (QED) is 0.769. The fraction of sp³-hybridized carbons (Fsp3) is 0.667. The van der Waals surface area contributed by atoms with Crippen LogP contribution in [0.25, 0.3) is 0 Å². The van der Waals surface area contributed by atoms with Crippen LogP contribution < -0.4 is 0 Å². The summed E-state index contributed by atoms with van der Waals surface area (Å²) < 4.78 is 1.68. The van der Waals surface area contributed by atoms with Crippen molar-refractivity contribution in [3.05, 3.63) is 17.5 Å². The number of aromatic nitrogens is 2. The molecule has 1 heterocycles. The van der Waals surface area contributed by atoms with Crippen molar-refractivity contribution in [2.45, 2.75) is 40.2 Å². The van der Waals surface area contributed by atoms with Gasteiger partial charge in [-0.3, -0.25) is 9.48 Å². The fourth-order valence-corrected chi connectivity index (χ4v) is 1.88. The molecular weight excluding hydrogens is 202 g/mol. The predicted octanol–water partition coefficient (Wildman–Crippen LogP) is 1.99. The molecule has 0 aromatic carbocycles. The topological polar surface area (TPSA) is 38.1 Å². The zero-order valence-corrected chi connectivity index (χ0v) is 11.0. The van der Waals surface area contributed by atoms with E-state index in [1.807, 2.05) is 46.6 Å². The molecule has 4 nitrogen and oxygen atoms in total. The molecule has 16 heavy (non-hydrogen) atoms. The Labute approximate surface area is 97.2 Å². The lowest BCUT2D eigenvalue weighted by Gasteiger charge is -2.34. The maximum Gasteiger partial charge on any atom is 0.257 e. The third-order valence-electron chi connectivity index (χ3n) is 2.61. The Morgan fingerprint density at radius 1 is 1.50 bits per heavy atom. The minimum absolute atomic E-state index is 0.0561. The molecule has 0 atom stereocenters. The van der Waals surface area contributed by atoms with Crippen molar-refractivity contribution in [1.82, 2.24) is 14.7 Å². The zero-order valence-electron chi connectivity index (χ0n) is 11.0. The second-order valence-corrected chi connectivity index (χ2v) is 5.02. The summed E-state index contributed by atoms with van der Waals surface area (Å²) in [7, 11) is 1.83. The Morgan fingerprint density at radius 3 is 2.38 bits per heavy atom. The number of carbonyl (C=O) groups excluding carboxylic acids is 1. The van der Waals surface area contributed by atoms with E-state index in [4.69, 9.17) is 0 Å². The third-order valence-corrected chi connectivity index (χ3v) is 2.61. The first-order valence-electron chi connectivity index (χ1n) is 5.59. The highest BCUT2D eigenvalue weighted by molar-refractivity contribution is 5.95. The second-order valence-electron chi connectivity index (χ2n) is 5.02. The molecule has 0 N–H and O–H groups in total.